The molecule has 39 heavy (non-hydrogen) atoms. The van der Waals surface area contributed by atoms with Crippen LogP contribution < -0.4 is 4.74 Å². The Morgan fingerprint density at radius 3 is 2.69 bits per heavy atom. The summed E-state index contributed by atoms with van der Waals surface area (Å²) in [6.45, 7) is 2.00. The van der Waals surface area contributed by atoms with Gasteiger partial charge in [-0.3, -0.25) is 9.69 Å². The van der Waals surface area contributed by atoms with E-state index in [0.717, 1.165) is 69.5 Å². The van der Waals surface area contributed by atoms with Gasteiger partial charge < -0.3 is 19.8 Å². The number of carbonyl (C=O) groups excluding carboxylic acids is 1. The van der Waals surface area contributed by atoms with E-state index in [9.17, 15) is 15.0 Å². The quantitative estimate of drug-likeness (QED) is 0.464. The van der Waals surface area contributed by atoms with Gasteiger partial charge in [0.1, 0.15) is 6.10 Å². The van der Waals surface area contributed by atoms with E-state index in [1.807, 2.05) is 24.1 Å². The third-order valence-electron chi connectivity index (χ3n) is 10.8. The zero-order valence-corrected chi connectivity index (χ0v) is 23.1. The van der Waals surface area contributed by atoms with Crippen LogP contribution in [-0.4, -0.2) is 69.8 Å². The highest BCUT2D eigenvalue weighted by molar-refractivity contribution is 5.76. The highest BCUT2D eigenvalue weighted by Gasteiger charge is 2.73. The number of rotatable bonds is 9. The minimum Gasteiger partial charge on any atom is -0.504 e. The number of piperidine rings is 1. The first kappa shape index (κ1) is 25.4. The number of amides is 1. The zero-order valence-electron chi connectivity index (χ0n) is 23.1. The first-order chi connectivity index (χ1) is 18.9. The molecule has 3 fully saturated rings. The molecule has 2 bridgehead atoms. The number of phenolic OH excluding ortho intramolecular Hbond substituents is 1. The van der Waals surface area contributed by atoms with Gasteiger partial charge >= 0.3 is 0 Å². The fourth-order valence-electron chi connectivity index (χ4n) is 8.64. The number of aromatic hydroxyl groups is 1. The smallest absolute Gasteiger partial charge is 0.222 e. The second-order valence-electron chi connectivity index (χ2n) is 12.9. The van der Waals surface area contributed by atoms with Crippen molar-refractivity contribution in [1.29, 1.82) is 0 Å². The summed E-state index contributed by atoms with van der Waals surface area (Å²) in [7, 11) is 1.92. The molecule has 2 aliphatic heterocycles. The van der Waals surface area contributed by atoms with E-state index in [2.05, 4.69) is 29.2 Å². The Bertz CT molecular complexity index is 1250. The van der Waals surface area contributed by atoms with Gasteiger partial charge in [-0.25, -0.2) is 0 Å². The molecule has 0 unspecified atom stereocenters. The molecular weight excluding hydrogens is 488 g/mol. The van der Waals surface area contributed by atoms with Crippen LogP contribution in [0.5, 0.6) is 11.5 Å². The third kappa shape index (κ3) is 3.93. The molecule has 6 heteroatoms. The molecule has 7 rings (SSSR count). The lowest BCUT2D eigenvalue weighted by atomic mass is 9.48. The van der Waals surface area contributed by atoms with Crippen LogP contribution in [0.1, 0.15) is 74.5 Å². The largest absolute Gasteiger partial charge is 0.504 e. The SMILES string of the molecule is CN(C(=O)CCCCCc1ccccc1)[C@@H]1CC[C@@]2(O)[C@H]3Cc4ccc(O)c5c4[C@@]2(CCN3CC2CC2)[C@H]1O5. The summed E-state index contributed by atoms with van der Waals surface area (Å²) in [5.41, 5.74) is 2.10. The summed E-state index contributed by atoms with van der Waals surface area (Å²) in [6.07, 6.45) is 9.83. The molecule has 6 nitrogen and oxygen atoms in total. The van der Waals surface area contributed by atoms with Crippen molar-refractivity contribution < 1.29 is 19.7 Å². The number of hydrogen-bond donors (Lipinski definition) is 2. The lowest BCUT2D eigenvalue weighted by molar-refractivity contribution is -0.200. The van der Waals surface area contributed by atoms with E-state index in [0.29, 0.717) is 18.6 Å². The fraction of sp³-hybridized carbons (Fsp3) is 0.606. The molecule has 3 aliphatic carbocycles. The Hall–Kier alpha value is -2.57. The number of benzene rings is 2. The summed E-state index contributed by atoms with van der Waals surface area (Å²) >= 11 is 0. The van der Waals surface area contributed by atoms with Crippen LogP contribution in [0.25, 0.3) is 0 Å². The molecule has 5 aliphatic rings. The number of unbranched alkanes of at least 4 members (excludes halogenated alkanes) is 2. The van der Waals surface area contributed by atoms with E-state index in [1.54, 1.807) is 6.07 Å². The van der Waals surface area contributed by atoms with Crippen molar-refractivity contribution in [2.24, 2.45) is 5.92 Å². The van der Waals surface area contributed by atoms with Gasteiger partial charge in [0.05, 0.1) is 17.1 Å². The number of aliphatic hydroxyl groups is 1. The van der Waals surface area contributed by atoms with Gasteiger partial charge in [0.15, 0.2) is 11.5 Å². The van der Waals surface area contributed by atoms with E-state index < -0.39 is 11.0 Å². The van der Waals surface area contributed by atoms with Crippen LogP contribution in [0.4, 0.5) is 0 Å². The van der Waals surface area contributed by atoms with E-state index in [1.165, 1.54) is 24.0 Å². The molecular formula is C33H42N2O4. The number of aryl methyl sites for hydroxylation is 1. The van der Waals surface area contributed by atoms with Gasteiger partial charge in [-0.15, -0.1) is 0 Å². The monoisotopic (exact) mass is 530 g/mol. The number of carbonyl (C=O) groups is 1. The minimum absolute atomic E-state index is 0.0625. The number of nitrogens with zero attached hydrogens (tertiary/aromatic N) is 2. The van der Waals surface area contributed by atoms with Gasteiger partial charge in [0.25, 0.3) is 0 Å². The molecule has 1 saturated heterocycles. The molecule has 2 saturated carbocycles. The predicted molar refractivity (Wildman–Crippen MR) is 150 cm³/mol. The Morgan fingerprint density at radius 1 is 1.08 bits per heavy atom. The van der Waals surface area contributed by atoms with Crippen LogP contribution in [-0.2, 0) is 23.1 Å². The zero-order chi connectivity index (χ0) is 26.8. The Labute approximate surface area is 232 Å². The summed E-state index contributed by atoms with van der Waals surface area (Å²) in [6, 6.07) is 14.3. The maximum absolute atomic E-state index is 13.4. The Balaban J connectivity index is 1.10. The number of likely N-dealkylation sites (tertiary alicyclic amines) is 1. The van der Waals surface area contributed by atoms with Crippen LogP contribution in [0.15, 0.2) is 42.5 Å². The van der Waals surface area contributed by atoms with Crippen molar-refractivity contribution in [1.82, 2.24) is 9.80 Å². The third-order valence-corrected chi connectivity index (χ3v) is 10.8. The topological polar surface area (TPSA) is 73.2 Å². The normalized spacial score (nSPS) is 32.4. The second kappa shape index (κ2) is 9.52. The molecule has 5 atom stereocenters. The lowest BCUT2D eigenvalue weighted by Gasteiger charge is -2.64. The fourth-order valence-corrected chi connectivity index (χ4v) is 8.64. The van der Waals surface area contributed by atoms with Gasteiger partial charge in [0, 0.05) is 31.6 Å². The number of ether oxygens (including phenoxy) is 1. The van der Waals surface area contributed by atoms with Gasteiger partial charge in [-0.1, -0.05) is 42.8 Å². The molecule has 2 aromatic carbocycles. The highest BCUT2D eigenvalue weighted by Crippen LogP contribution is 2.66. The van der Waals surface area contributed by atoms with Crippen molar-refractivity contribution in [3.05, 3.63) is 59.2 Å². The first-order valence-corrected chi connectivity index (χ1v) is 15.2. The number of phenols is 1. The van der Waals surface area contributed by atoms with Gasteiger partial charge in [-0.05, 0) is 87.4 Å². The highest BCUT2D eigenvalue weighted by atomic mass is 16.5. The first-order valence-electron chi connectivity index (χ1n) is 15.2. The maximum atomic E-state index is 13.4. The molecule has 208 valence electrons. The van der Waals surface area contributed by atoms with E-state index >= 15 is 0 Å². The second-order valence-corrected chi connectivity index (χ2v) is 12.9. The standard InChI is InChI=1S/C33H42N2O4/c1-34(28(37)11-7-3-6-10-22-8-4-2-5-9-22)25-16-17-33(38)27-20-24-14-15-26(36)30-29(24)32(33,31(25)39-30)18-19-35(27)21-23-12-13-23/h2,4-5,8-9,14-15,23,25,27,31,36,38H,3,6-7,10-13,16-21H2,1H3/t25-,27-,31+,32+,33-/m1/s1. The van der Waals surface area contributed by atoms with E-state index in [-0.39, 0.29) is 29.8 Å². The Morgan fingerprint density at radius 2 is 1.90 bits per heavy atom. The number of likely N-dealkylation sites (N-methyl/N-ethyl adjacent to an activating group) is 1. The molecule has 0 aromatic heterocycles. The van der Waals surface area contributed by atoms with Crippen LogP contribution in [0.3, 0.4) is 0 Å². The minimum atomic E-state index is -0.908. The summed E-state index contributed by atoms with van der Waals surface area (Å²) in [5.74, 6) is 1.63. The average Bonchev–Trinajstić information content (AvgIpc) is 3.68. The molecule has 2 heterocycles. The lowest BCUT2D eigenvalue weighted by Crippen LogP contribution is -2.78. The maximum Gasteiger partial charge on any atom is 0.222 e. The van der Waals surface area contributed by atoms with Crippen LogP contribution in [0.2, 0.25) is 0 Å². The molecule has 2 aromatic rings. The van der Waals surface area contributed by atoms with E-state index in [4.69, 9.17) is 4.74 Å². The average molecular weight is 531 g/mol. The number of hydrogen-bond acceptors (Lipinski definition) is 5. The predicted octanol–water partition coefficient (Wildman–Crippen LogP) is 4.59. The summed E-state index contributed by atoms with van der Waals surface area (Å²) < 4.78 is 6.66. The molecule has 0 radical (unpaired) electrons. The molecule has 1 spiro atoms. The molecule has 1 amide bonds. The van der Waals surface area contributed by atoms with Crippen molar-refractivity contribution in [2.45, 2.75) is 99.8 Å². The summed E-state index contributed by atoms with van der Waals surface area (Å²) in [5, 5.41) is 23.5. The van der Waals surface area contributed by atoms with Crippen molar-refractivity contribution in [2.75, 3.05) is 20.1 Å². The molecule has 2 N–H and O–H groups in total. The van der Waals surface area contributed by atoms with Gasteiger partial charge in [-0.2, -0.15) is 0 Å². The van der Waals surface area contributed by atoms with Crippen molar-refractivity contribution >= 4 is 5.91 Å². The van der Waals surface area contributed by atoms with Crippen molar-refractivity contribution in [3.63, 3.8) is 0 Å². The van der Waals surface area contributed by atoms with Gasteiger partial charge in [0.2, 0.25) is 5.91 Å². The van der Waals surface area contributed by atoms with Crippen LogP contribution >= 0.6 is 0 Å². The van der Waals surface area contributed by atoms with Crippen molar-refractivity contribution in [3.8, 4) is 11.5 Å². The van der Waals surface area contributed by atoms with Crippen LogP contribution in [0, 0.1) is 5.92 Å². The summed E-state index contributed by atoms with van der Waals surface area (Å²) in [4.78, 5) is 17.9. The Kier molecular flexibility index (Phi) is 6.20.